The molecule has 0 saturated carbocycles. The molecule has 0 spiro atoms. The zero-order valence-corrected chi connectivity index (χ0v) is 16.4. The number of rotatable bonds is 3. The van der Waals surface area contributed by atoms with Crippen LogP contribution in [-0.4, -0.2) is 23.5 Å². The van der Waals surface area contributed by atoms with Gasteiger partial charge in [-0.3, -0.25) is 23.3 Å². The quantitative estimate of drug-likeness (QED) is 0.503. The fourth-order valence-corrected chi connectivity index (χ4v) is 3.72. The van der Waals surface area contributed by atoms with E-state index in [4.69, 9.17) is 0 Å². The van der Waals surface area contributed by atoms with E-state index in [9.17, 15) is 14.0 Å². The largest absolute Gasteiger partial charge is 0.329 e. The van der Waals surface area contributed by atoms with Gasteiger partial charge in [0.1, 0.15) is 5.82 Å². The van der Waals surface area contributed by atoms with E-state index >= 15 is 0 Å². The third kappa shape index (κ3) is 2.61. The highest BCUT2D eigenvalue weighted by molar-refractivity contribution is 5.79. The van der Waals surface area contributed by atoms with Crippen molar-refractivity contribution in [2.24, 2.45) is 7.05 Å². The molecule has 5 aromatic rings. The number of aryl methyl sites for hydroxylation is 2. The first-order chi connectivity index (χ1) is 14.5. The average Bonchev–Trinajstić information content (AvgIpc) is 3.29. The Morgan fingerprint density at radius 2 is 1.73 bits per heavy atom. The second-order valence-electron chi connectivity index (χ2n) is 7.15. The maximum Gasteiger partial charge on any atom is 0.329 e. The van der Waals surface area contributed by atoms with Crippen LogP contribution >= 0.6 is 0 Å². The molecule has 0 fully saturated rings. The summed E-state index contributed by atoms with van der Waals surface area (Å²) in [4.78, 5) is 31.5. The van der Waals surface area contributed by atoms with Gasteiger partial charge in [0.2, 0.25) is 5.78 Å². The van der Waals surface area contributed by atoms with Gasteiger partial charge in [0.25, 0.3) is 5.56 Å². The van der Waals surface area contributed by atoms with Gasteiger partial charge in [-0.25, -0.2) is 9.18 Å². The van der Waals surface area contributed by atoms with Crippen LogP contribution in [0.4, 0.5) is 4.39 Å². The molecule has 0 atom stereocenters. The van der Waals surface area contributed by atoms with Crippen LogP contribution in [0.5, 0.6) is 0 Å². The van der Waals surface area contributed by atoms with E-state index < -0.39 is 11.2 Å². The van der Waals surface area contributed by atoms with Gasteiger partial charge in [-0.15, -0.1) is 0 Å². The summed E-state index contributed by atoms with van der Waals surface area (Å²) in [7, 11) is 1.56. The summed E-state index contributed by atoms with van der Waals surface area (Å²) in [6.07, 6.45) is 2.70. The van der Waals surface area contributed by atoms with E-state index in [1.165, 1.54) is 22.3 Å². The second kappa shape index (κ2) is 6.55. The lowest BCUT2D eigenvalue weighted by atomic mass is 10.1. The summed E-state index contributed by atoms with van der Waals surface area (Å²) in [5.74, 6) is 0.158. The molecule has 0 aliphatic carbocycles. The van der Waals surface area contributed by atoms with Crippen molar-refractivity contribution in [3.63, 3.8) is 0 Å². The maximum absolute atomic E-state index is 13.5. The molecule has 150 valence electrons. The number of nitrogens with zero attached hydrogens (tertiary/aromatic N) is 4. The molecule has 0 unspecified atom stereocenters. The van der Waals surface area contributed by atoms with Crippen LogP contribution in [0, 0.1) is 5.82 Å². The topological polar surface area (TPSA) is 77.1 Å². The molecule has 0 bridgehead atoms. The molecular formula is C22H18FN5O2. The molecule has 3 heterocycles. The molecule has 0 radical (unpaired) electrons. The number of H-pyrrole nitrogens is 1. The fraction of sp³-hybridized carbons (Fsp3) is 0.136. The number of hydrogen-bond donors (Lipinski definition) is 1. The number of fused-ring (bicyclic) bond motifs is 3. The molecule has 0 aliphatic rings. The Bertz CT molecular complexity index is 1520. The smallest absolute Gasteiger partial charge is 0.279 e. The summed E-state index contributed by atoms with van der Waals surface area (Å²) < 4.78 is 18.4. The predicted molar refractivity (Wildman–Crippen MR) is 113 cm³/mol. The third-order valence-corrected chi connectivity index (χ3v) is 5.37. The van der Waals surface area contributed by atoms with E-state index in [2.05, 4.69) is 16.9 Å². The van der Waals surface area contributed by atoms with E-state index in [-0.39, 0.29) is 11.3 Å². The number of benzene rings is 2. The molecule has 0 saturated heterocycles. The number of imidazole rings is 2. The minimum Gasteiger partial charge on any atom is -0.279 e. The Labute approximate surface area is 169 Å². The van der Waals surface area contributed by atoms with Crippen molar-refractivity contribution in [1.82, 2.24) is 23.5 Å². The first-order valence-electron chi connectivity index (χ1n) is 9.56. The molecule has 3 aromatic heterocycles. The van der Waals surface area contributed by atoms with Gasteiger partial charge >= 0.3 is 5.69 Å². The molecule has 30 heavy (non-hydrogen) atoms. The van der Waals surface area contributed by atoms with Crippen LogP contribution in [0.1, 0.15) is 12.5 Å². The van der Waals surface area contributed by atoms with E-state index in [1.807, 2.05) is 28.8 Å². The standard InChI is InChI=1S/C22H18FN5O2/c1-3-13-4-10-16(11-5-13)28-17(14-6-8-15(23)9-7-14)12-27-18-19(24-21(27)28)26(2)22(30)25-20(18)29/h4-12H,3H2,1-2H3,(H,25,29,30). The number of hydrogen-bond acceptors (Lipinski definition) is 3. The Balaban J connectivity index is 1.90. The van der Waals surface area contributed by atoms with Gasteiger partial charge < -0.3 is 0 Å². The lowest BCUT2D eigenvalue weighted by molar-refractivity contribution is 0.628. The summed E-state index contributed by atoms with van der Waals surface area (Å²) in [5, 5.41) is 0. The van der Waals surface area contributed by atoms with Crippen molar-refractivity contribution in [2.75, 3.05) is 0 Å². The Morgan fingerprint density at radius 1 is 1.03 bits per heavy atom. The Kier molecular flexibility index (Phi) is 3.95. The molecule has 8 heteroatoms. The molecule has 1 N–H and O–H groups in total. The van der Waals surface area contributed by atoms with Crippen molar-refractivity contribution in [1.29, 1.82) is 0 Å². The average molecular weight is 403 g/mol. The van der Waals surface area contributed by atoms with Crippen molar-refractivity contribution in [3.8, 4) is 16.9 Å². The summed E-state index contributed by atoms with van der Waals surface area (Å²) in [5.41, 5.74) is 3.10. The molecule has 2 aromatic carbocycles. The van der Waals surface area contributed by atoms with Gasteiger partial charge in [-0.2, -0.15) is 4.98 Å². The lowest BCUT2D eigenvalue weighted by Crippen LogP contribution is -2.28. The van der Waals surface area contributed by atoms with Gasteiger partial charge in [0.05, 0.1) is 5.69 Å². The van der Waals surface area contributed by atoms with Gasteiger partial charge in [0.15, 0.2) is 11.2 Å². The SMILES string of the molecule is CCc1ccc(-n2c(-c3ccc(F)cc3)cn3c4c(=O)[nH]c(=O)n(C)c4nc23)cc1. The second-order valence-corrected chi connectivity index (χ2v) is 7.15. The highest BCUT2D eigenvalue weighted by atomic mass is 19.1. The summed E-state index contributed by atoms with van der Waals surface area (Å²) >= 11 is 0. The zero-order chi connectivity index (χ0) is 21.0. The monoisotopic (exact) mass is 403 g/mol. The zero-order valence-electron chi connectivity index (χ0n) is 16.4. The van der Waals surface area contributed by atoms with Crippen LogP contribution in [0.2, 0.25) is 0 Å². The molecule has 0 amide bonds. The van der Waals surface area contributed by atoms with E-state index in [0.717, 1.165) is 23.4 Å². The number of aromatic amines is 1. The molecule has 0 aliphatic heterocycles. The predicted octanol–water partition coefficient (Wildman–Crippen LogP) is 3.03. The van der Waals surface area contributed by atoms with Gasteiger partial charge in [-0.1, -0.05) is 19.1 Å². The first kappa shape index (κ1) is 18.1. The van der Waals surface area contributed by atoms with Crippen LogP contribution < -0.4 is 11.2 Å². The third-order valence-electron chi connectivity index (χ3n) is 5.37. The molecule has 7 nitrogen and oxygen atoms in total. The van der Waals surface area contributed by atoms with Crippen molar-refractivity contribution in [2.45, 2.75) is 13.3 Å². The van der Waals surface area contributed by atoms with Crippen molar-refractivity contribution >= 4 is 16.9 Å². The number of halogens is 1. The number of aromatic nitrogens is 5. The highest BCUT2D eigenvalue weighted by Crippen LogP contribution is 2.29. The van der Waals surface area contributed by atoms with Crippen LogP contribution in [-0.2, 0) is 13.5 Å². The number of nitrogens with one attached hydrogen (secondary N) is 1. The van der Waals surface area contributed by atoms with E-state index in [0.29, 0.717) is 11.4 Å². The fourth-order valence-electron chi connectivity index (χ4n) is 3.72. The first-order valence-corrected chi connectivity index (χ1v) is 9.56. The van der Waals surface area contributed by atoms with Crippen LogP contribution in [0.3, 0.4) is 0 Å². The van der Waals surface area contributed by atoms with Crippen LogP contribution in [0.15, 0.2) is 64.3 Å². The normalized spacial score (nSPS) is 11.6. The summed E-state index contributed by atoms with van der Waals surface area (Å²) in [6.45, 7) is 2.08. The minimum atomic E-state index is -0.522. The van der Waals surface area contributed by atoms with Crippen molar-refractivity contribution in [3.05, 3.63) is 86.9 Å². The van der Waals surface area contributed by atoms with Gasteiger partial charge in [0, 0.05) is 24.5 Å². The van der Waals surface area contributed by atoms with Gasteiger partial charge in [-0.05, 0) is 48.4 Å². The van der Waals surface area contributed by atoms with Crippen molar-refractivity contribution < 1.29 is 4.39 Å². The molecular weight excluding hydrogens is 385 g/mol. The Hall–Kier alpha value is -3.94. The minimum absolute atomic E-state index is 0.277. The highest BCUT2D eigenvalue weighted by Gasteiger charge is 2.20. The lowest BCUT2D eigenvalue weighted by Gasteiger charge is -2.10. The molecule has 5 rings (SSSR count). The van der Waals surface area contributed by atoms with Crippen LogP contribution in [0.25, 0.3) is 33.9 Å². The Morgan fingerprint density at radius 3 is 2.40 bits per heavy atom. The maximum atomic E-state index is 13.5. The van der Waals surface area contributed by atoms with E-state index in [1.54, 1.807) is 29.8 Å². The summed E-state index contributed by atoms with van der Waals surface area (Å²) in [6, 6.07) is 14.2.